The average molecular weight is 263 g/mol. The molecule has 0 amide bonds. The Bertz CT molecular complexity index is 550. The van der Waals surface area contributed by atoms with Gasteiger partial charge in [0, 0.05) is 13.1 Å². The highest BCUT2D eigenvalue weighted by Gasteiger charge is 2.16. The van der Waals surface area contributed by atoms with E-state index < -0.39 is 0 Å². The maximum Gasteiger partial charge on any atom is 0.266 e. The molecule has 19 heavy (non-hydrogen) atoms. The standard InChI is InChI=1S/C13H17N3O3/c1-4-16(5-2)13-14-12(19-15-13)10-8-9(18-3)6-7-11(10)17/h6-8,17H,4-5H2,1-3H3. The fraction of sp³-hybridized carbons (Fsp3) is 0.385. The Hall–Kier alpha value is -2.24. The normalized spacial score (nSPS) is 10.5. The number of phenolic OH excluding ortho intramolecular Hbond substituents is 1. The maximum absolute atomic E-state index is 9.85. The lowest BCUT2D eigenvalue weighted by molar-refractivity contribution is 0.408. The van der Waals surface area contributed by atoms with Gasteiger partial charge in [0.05, 0.1) is 12.7 Å². The SMILES string of the molecule is CCN(CC)c1noc(-c2cc(OC)ccc2O)n1. The molecule has 1 aromatic carbocycles. The third-order valence-electron chi connectivity index (χ3n) is 2.90. The van der Waals surface area contributed by atoms with Crippen molar-refractivity contribution in [3.63, 3.8) is 0 Å². The van der Waals surface area contributed by atoms with Crippen molar-refractivity contribution in [2.24, 2.45) is 0 Å². The highest BCUT2D eigenvalue weighted by Crippen LogP contribution is 2.32. The fourth-order valence-corrected chi connectivity index (χ4v) is 1.77. The second-order valence-electron chi connectivity index (χ2n) is 3.95. The van der Waals surface area contributed by atoms with Crippen LogP contribution in [0.5, 0.6) is 11.5 Å². The van der Waals surface area contributed by atoms with Crippen LogP contribution in [0.1, 0.15) is 13.8 Å². The molecule has 1 aromatic heterocycles. The first kappa shape index (κ1) is 13.2. The molecule has 0 radical (unpaired) electrons. The average Bonchev–Trinajstić information content (AvgIpc) is 2.90. The molecule has 6 heteroatoms. The zero-order chi connectivity index (χ0) is 13.8. The molecule has 0 aliphatic heterocycles. The quantitative estimate of drug-likeness (QED) is 0.892. The zero-order valence-corrected chi connectivity index (χ0v) is 11.3. The van der Waals surface area contributed by atoms with E-state index in [-0.39, 0.29) is 11.6 Å². The first-order valence-electron chi connectivity index (χ1n) is 6.15. The van der Waals surface area contributed by atoms with Gasteiger partial charge in [0.25, 0.3) is 11.8 Å². The summed E-state index contributed by atoms with van der Waals surface area (Å²) in [5.74, 6) is 1.49. The van der Waals surface area contributed by atoms with Gasteiger partial charge in [-0.05, 0) is 37.2 Å². The van der Waals surface area contributed by atoms with Crippen molar-refractivity contribution < 1.29 is 14.4 Å². The molecule has 6 nitrogen and oxygen atoms in total. The first-order chi connectivity index (χ1) is 9.19. The number of ether oxygens (including phenoxy) is 1. The van der Waals surface area contributed by atoms with Crippen LogP contribution in [-0.4, -0.2) is 35.4 Å². The van der Waals surface area contributed by atoms with Crippen molar-refractivity contribution in [2.75, 3.05) is 25.1 Å². The van der Waals surface area contributed by atoms with E-state index in [4.69, 9.17) is 9.26 Å². The van der Waals surface area contributed by atoms with Gasteiger partial charge in [-0.15, -0.1) is 0 Å². The monoisotopic (exact) mass is 263 g/mol. The molecule has 0 aliphatic carbocycles. The largest absolute Gasteiger partial charge is 0.507 e. The van der Waals surface area contributed by atoms with Crippen LogP contribution in [-0.2, 0) is 0 Å². The Kier molecular flexibility index (Phi) is 3.89. The number of rotatable bonds is 5. The first-order valence-corrected chi connectivity index (χ1v) is 6.15. The number of hydrogen-bond acceptors (Lipinski definition) is 6. The third kappa shape index (κ3) is 2.62. The molecule has 0 spiro atoms. The maximum atomic E-state index is 9.85. The predicted molar refractivity (Wildman–Crippen MR) is 71.5 cm³/mol. The molecule has 0 unspecified atom stereocenters. The van der Waals surface area contributed by atoms with Crippen molar-refractivity contribution in [1.82, 2.24) is 10.1 Å². The number of hydrogen-bond donors (Lipinski definition) is 1. The highest BCUT2D eigenvalue weighted by molar-refractivity contribution is 5.65. The Morgan fingerprint density at radius 1 is 1.32 bits per heavy atom. The van der Waals surface area contributed by atoms with Gasteiger partial charge in [0.2, 0.25) is 0 Å². The van der Waals surface area contributed by atoms with Crippen LogP contribution >= 0.6 is 0 Å². The summed E-state index contributed by atoms with van der Waals surface area (Å²) >= 11 is 0. The lowest BCUT2D eigenvalue weighted by atomic mass is 10.2. The molecule has 0 bridgehead atoms. The van der Waals surface area contributed by atoms with E-state index in [9.17, 15) is 5.11 Å². The highest BCUT2D eigenvalue weighted by atomic mass is 16.5. The van der Waals surface area contributed by atoms with E-state index >= 15 is 0 Å². The molecule has 0 aliphatic rings. The number of phenols is 1. The van der Waals surface area contributed by atoms with E-state index in [0.29, 0.717) is 17.3 Å². The third-order valence-corrected chi connectivity index (χ3v) is 2.90. The summed E-state index contributed by atoms with van der Waals surface area (Å²) in [6.07, 6.45) is 0. The van der Waals surface area contributed by atoms with Gasteiger partial charge >= 0.3 is 0 Å². The summed E-state index contributed by atoms with van der Waals surface area (Å²) in [6, 6.07) is 4.87. The van der Waals surface area contributed by atoms with E-state index in [1.165, 1.54) is 6.07 Å². The van der Waals surface area contributed by atoms with E-state index in [2.05, 4.69) is 10.1 Å². The van der Waals surface area contributed by atoms with Crippen LogP contribution in [0.25, 0.3) is 11.5 Å². The van der Waals surface area contributed by atoms with Gasteiger partial charge in [-0.3, -0.25) is 0 Å². The number of aromatic hydroxyl groups is 1. The van der Waals surface area contributed by atoms with Gasteiger partial charge in [0.1, 0.15) is 11.5 Å². The predicted octanol–water partition coefficient (Wildman–Crippen LogP) is 2.30. The number of methoxy groups -OCH3 is 1. The molecular formula is C13H17N3O3. The number of anilines is 1. The molecular weight excluding hydrogens is 246 g/mol. The summed E-state index contributed by atoms with van der Waals surface area (Å²) in [5, 5.41) is 13.8. The summed E-state index contributed by atoms with van der Waals surface area (Å²) < 4.78 is 10.3. The van der Waals surface area contributed by atoms with Crippen LogP contribution in [0.2, 0.25) is 0 Å². The molecule has 0 saturated heterocycles. The molecule has 1 heterocycles. The molecule has 0 atom stereocenters. The van der Waals surface area contributed by atoms with Gasteiger partial charge in [-0.25, -0.2) is 0 Å². The van der Waals surface area contributed by atoms with Crippen LogP contribution in [0.4, 0.5) is 5.95 Å². The minimum Gasteiger partial charge on any atom is -0.507 e. The molecule has 2 rings (SSSR count). The topological polar surface area (TPSA) is 71.6 Å². The Morgan fingerprint density at radius 3 is 2.68 bits per heavy atom. The van der Waals surface area contributed by atoms with Crippen molar-refractivity contribution in [3.05, 3.63) is 18.2 Å². The minimum absolute atomic E-state index is 0.0792. The number of benzene rings is 1. The molecule has 102 valence electrons. The second-order valence-corrected chi connectivity index (χ2v) is 3.95. The Balaban J connectivity index is 2.37. The summed E-state index contributed by atoms with van der Waals surface area (Å²) in [6.45, 7) is 5.62. The van der Waals surface area contributed by atoms with Crippen molar-refractivity contribution in [2.45, 2.75) is 13.8 Å². The van der Waals surface area contributed by atoms with Gasteiger partial charge in [-0.2, -0.15) is 4.98 Å². The van der Waals surface area contributed by atoms with Crippen LogP contribution in [0, 0.1) is 0 Å². The summed E-state index contributed by atoms with van der Waals surface area (Å²) in [5.41, 5.74) is 0.463. The summed E-state index contributed by atoms with van der Waals surface area (Å²) in [4.78, 5) is 6.25. The lowest BCUT2D eigenvalue weighted by Gasteiger charge is -2.14. The second kappa shape index (κ2) is 5.60. The van der Waals surface area contributed by atoms with E-state index in [0.717, 1.165) is 13.1 Å². The lowest BCUT2D eigenvalue weighted by Crippen LogP contribution is -2.22. The minimum atomic E-state index is 0.0792. The van der Waals surface area contributed by atoms with E-state index in [1.54, 1.807) is 19.2 Å². The van der Waals surface area contributed by atoms with Crippen molar-refractivity contribution in [1.29, 1.82) is 0 Å². The molecule has 0 fully saturated rings. The van der Waals surface area contributed by atoms with Crippen molar-refractivity contribution >= 4 is 5.95 Å². The smallest absolute Gasteiger partial charge is 0.266 e. The molecule has 2 aromatic rings. The molecule has 1 N–H and O–H groups in total. The van der Waals surface area contributed by atoms with Gasteiger partial charge in [-0.1, -0.05) is 0 Å². The number of aromatic nitrogens is 2. The summed E-state index contributed by atoms with van der Waals surface area (Å²) in [7, 11) is 1.56. The van der Waals surface area contributed by atoms with Gasteiger partial charge < -0.3 is 19.3 Å². The van der Waals surface area contributed by atoms with Crippen LogP contribution in [0.15, 0.2) is 22.7 Å². The zero-order valence-electron chi connectivity index (χ0n) is 11.3. The molecule has 0 saturated carbocycles. The van der Waals surface area contributed by atoms with Crippen LogP contribution in [0.3, 0.4) is 0 Å². The Morgan fingerprint density at radius 2 is 2.05 bits per heavy atom. The van der Waals surface area contributed by atoms with Gasteiger partial charge in [0.15, 0.2) is 0 Å². The van der Waals surface area contributed by atoms with E-state index in [1.807, 2.05) is 18.7 Å². The van der Waals surface area contributed by atoms with Crippen LogP contribution < -0.4 is 9.64 Å². The number of nitrogens with zero attached hydrogens (tertiary/aromatic N) is 3. The fourth-order valence-electron chi connectivity index (χ4n) is 1.77. The van der Waals surface area contributed by atoms with Crippen molar-refractivity contribution in [3.8, 4) is 23.0 Å². The Labute approximate surface area is 111 Å².